The molecule has 2 atom stereocenters. The Balaban J connectivity index is 3.41. The number of amides is 1. The van der Waals surface area contributed by atoms with Crippen LogP contribution in [0.25, 0.3) is 0 Å². The summed E-state index contributed by atoms with van der Waals surface area (Å²) in [6.45, 7) is 3.68. The van der Waals surface area contributed by atoms with Gasteiger partial charge in [-0.25, -0.2) is 0 Å². The van der Waals surface area contributed by atoms with Crippen molar-refractivity contribution in [3.63, 3.8) is 0 Å². The maximum absolute atomic E-state index is 11.1. The summed E-state index contributed by atoms with van der Waals surface area (Å²) < 4.78 is 0. The fourth-order valence-electron chi connectivity index (χ4n) is 0.977. The number of nitrogens with two attached hydrogens (primary N) is 1. The molecular weight excluding hydrogens is 168 g/mol. The van der Waals surface area contributed by atoms with Crippen molar-refractivity contribution in [1.82, 2.24) is 5.32 Å². The van der Waals surface area contributed by atoms with Gasteiger partial charge in [-0.15, -0.1) is 0 Å². The summed E-state index contributed by atoms with van der Waals surface area (Å²) in [4.78, 5) is 11.1. The Morgan fingerprint density at radius 1 is 1.54 bits per heavy atom. The van der Waals surface area contributed by atoms with Gasteiger partial charge in [0, 0.05) is 18.5 Å². The summed E-state index contributed by atoms with van der Waals surface area (Å²) >= 11 is 0. The second-order valence-corrected chi connectivity index (χ2v) is 3.52. The molecule has 0 saturated heterocycles. The lowest BCUT2D eigenvalue weighted by molar-refractivity contribution is -0.122. The van der Waals surface area contributed by atoms with Gasteiger partial charge < -0.3 is 16.2 Å². The molecule has 0 aliphatic carbocycles. The molecule has 1 amide bonds. The predicted octanol–water partition coefficient (Wildman–Crippen LogP) is 0.000900. The van der Waals surface area contributed by atoms with Crippen LogP contribution in [0.1, 0.15) is 33.1 Å². The molecule has 0 fully saturated rings. The Labute approximate surface area is 79.5 Å². The molecule has 4 N–H and O–H groups in total. The van der Waals surface area contributed by atoms with E-state index in [0.717, 1.165) is 12.8 Å². The molecule has 0 aromatic heterocycles. The average Bonchev–Trinajstić information content (AvgIpc) is 2.03. The van der Waals surface area contributed by atoms with Crippen molar-refractivity contribution < 1.29 is 9.90 Å². The Morgan fingerprint density at radius 3 is 2.62 bits per heavy atom. The molecule has 0 aliphatic rings. The van der Waals surface area contributed by atoms with E-state index in [1.165, 1.54) is 0 Å². The van der Waals surface area contributed by atoms with Gasteiger partial charge in [-0.05, 0) is 26.7 Å². The summed E-state index contributed by atoms with van der Waals surface area (Å²) in [6, 6.07) is 0.00543. The third-order valence-electron chi connectivity index (χ3n) is 1.74. The Bertz CT molecular complexity index is 149. The Hall–Kier alpha value is -0.610. The van der Waals surface area contributed by atoms with Gasteiger partial charge in [0.05, 0.1) is 6.61 Å². The van der Waals surface area contributed by atoms with E-state index in [1.54, 1.807) is 6.92 Å². The van der Waals surface area contributed by atoms with Crippen molar-refractivity contribution in [2.24, 2.45) is 5.73 Å². The first-order valence-corrected chi connectivity index (χ1v) is 4.72. The first-order valence-electron chi connectivity index (χ1n) is 4.72. The van der Waals surface area contributed by atoms with Gasteiger partial charge in [-0.2, -0.15) is 0 Å². The minimum atomic E-state index is -0.150. The molecule has 4 heteroatoms. The van der Waals surface area contributed by atoms with Crippen LogP contribution in [0.15, 0.2) is 0 Å². The lowest BCUT2D eigenvalue weighted by Gasteiger charge is -2.10. The first-order chi connectivity index (χ1) is 6.06. The molecule has 4 nitrogen and oxygen atoms in total. The second kappa shape index (κ2) is 6.86. The molecule has 0 saturated carbocycles. The summed E-state index contributed by atoms with van der Waals surface area (Å²) in [7, 11) is 0. The quantitative estimate of drug-likeness (QED) is 0.549. The lowest BCUT2D eigenvalue weighted by Crippen LogP contribution is -2.34. The van der Waals surface area contributed by atoms with Gasteiger partial charge in [0.15, 0.2) is 0 Å². The van der Waals surface area contributed by atoms with Crippen LogP contribution in [0.2, 0.25) is 0 Å². The van der Waals surface area contributed by atoms with E-state index in [9.17, 15) is 4.79 Å². The van der Waals surface area contributed by atoms with Crippen LogP contribution in [0.4, 0.5) is 0 Å². The van der Waals surface area contributed by atoms with E-state index in [-0.39, 0.29) is 24.6 Å². The van der Waals surface area contributed by atoms with E-state index >= 15 is 0 Å². The lowest BCUT2D eigenvalue weighted by atomic mass is 10.1. The van der Waals surface area contributed by atoms with E-state index in [4.69, 9.17) is 10.8 Å². The van der Waals surface area contributed by atoms with Crippen LogP contribution in [0.5, 0.6) is 0 Å². The third kappa shape index (κ3) is 7.74. The molecule has 0 aromatic rings. The molecule has 0 rings (SSSR count). The highest BCUT2D eigenvalue weighted by Gasteiger charge is 2.05. The molecule has 0 aromatic carbocycles. The maximum atomic E-state index is 11.1. The largest absolute Gasteiger partial charge is 0.394 e. The zero-order chi connectivity index (χ0) is 10.3. The van der Waals surface area contributed by atoms with Crippen molar-refractivity contribution in [2.75, 3.05) is 6.61 Å². The van der Waals surface area contributed by atoms with Crippen molar-refractivity contribution >= 4 is 5.91 Å². The number of rotatable bonds is 6. The normalized spacial score (nSPS) is 15.1. The fraction of sp³-hybridized carbons (Fsp3) is 0.889. The first kappa shape index (κ1) is 12.4. The zero-order valence-corrected chi connectivity index (χ0v) is 8.42. The monoisotopic (exact) mass is 188 g/mol. The predicted molar refractivity (Wildman–Crippen MR) is 52.2 cm³/mol. The van der Waals surface area contributed by atoms with Gasteiger partial charge in [0.1, 0.15) is 0 Å². The molecule has 0 bridgehead atoms. The smallest absolute Gasteiger partial charge is 0.220 e. The molecule has 0 spiro atoms. The number of hydrogen-bond donors (Lipinski definition) is 3. The van der Waals surface area contributed by atoms with Crippen molar-refractivity contribution in [3.05, 3.63) is 0 Å². The minimum Gasteiger partial charge on any atom is -0.394 e. The highest BCUT2D eigenvalue weighted by molar-refractivity contribution is 5.76. The van der Waals surface area contributed by atoms with E-state index in [2.05, 4.69) is 5.32 Å². The molecule has 1 unspecified atom stereocenters. The number of aliphatic hydroxyl groups excluding tert-OH is 1. The highest BCUT2D eigenvalue weighted by atomic mass is 16.3. The number of hydrogen-bond acceptors (Lipinski definition) is 3. The van der Waals surface area contributed by atoms with E-state index < -0.39 is 0 Å². The summed E-state index contributed by atoms with van der Waals surface area (Å²) in [6.07, 6.45) is 2.16. The topological polar surface area (TPSA) is 75.4 Å². The molecule has 0 aliphatic heterocycles. The van der Waals surface area contributed by atoms with Gasteiger partial charge >= 0.3 is 0 Å². The Kier molecular flexibility index (Phi) is 6.54. The average molecular weight is 188 g/mol. The molecular formula is C9H20N2O2. The van der Waals surface area contributed by atoms with E-state index in [1.807, 2.05) is 6.92 Å². The van der Waals surface area contributed by atoms with Gasteiger partial charge in [0.2, 0.25) is 5.91 Å². The third-order valence-corrected chi connectivity index (χ3v) is 1.74. The SMILES string of the molecule is CC(N)CCCC(=O)N[C@@H](C)CO. The van der Waals surface area contributed by atoms with Crippen LogP contribution in [-0.2, 0) is 4.79 Å². The highest BCUT2D eigenvalue weighted by Crippen LogP contribution is 1.98. The standard InChI is InChI=1S/C9H20N2O2/c1-7(10)4-3-5-9(13)11-8(2)6-12/h7-8,12H,3-6,10H2,1-2H3,(H,11,13)/t7?,8-/m0/s1. The summed E-state index contributed by atoms with van der Waals surface area (Å²) in [5, 5.41) is 11.3. The van der Waals surface area contributed by atoms with Gasteiger partial charge in [0.25, 0.3) is 0 Å². The number of aliphatic hydroxyl groups is 1. The van der Waals surface area contributed by atoms with Crippen molar-refractivity contribution in [2.45, 2.75) is 45.2 Å². The van der Waals surface area contributed by atoms with Crippen LogP contribution in [0.3, 0.4) is 0 Å². The Morgan fingerprint density at radius 2 is 2.15 bits per heavy atom. The van der Waals surface area contributed by atoms with Gasteiger partial charge in [-0.3, -0.25) is 4.79 Å². The molecule has 78 valence electrons. The van der Waals surface area contributed by atoms with Crippen molar-refractivity contribution in [1.29, 1.82) is 0 Å². The zero-order valence-electron chi connectivity index (χ0n) is 8.42. The molecule has 0 radical (unpaired) electrons. The molecule has 13 heavy (non-hydrogen) atoms. The van der Waals surface area contributed by atoms with Crippen LogP contribution in [0, 0.1) is 0 Å². The maximum Gasteiger partial charge on any atom is 0.220 e. The number of carbonyl (C=O) groups is 1. The molecule has 0 heterocycles. The van der Waals surface area contributed by atoms with E-state index in [0.29, 0.717) is 6.42 Å². The summed E-state index contributed by atoms with van der Waals surface area (Å²) in [5.41, 5.74) is 5.53. The van der Waals surface area contributed by atoms with Crippen LogP contribution < -0.4 is 11.1 Å². The fourth-order valence-corrected chi connectivity index (χ4v) is 0.977. The number of carbonyl (C=O) groups excluding carboxylic acids is 1. The number of nitrogens with one attached hydrogen (secondary N) is 1. The second-order valence-electron chi connectivity index (χ2n) is 3.52. The summed E-state index contributed by atoms with van der Waals surface area (Å²) in [5.74, 6) is -0.0119. The van der Waals surface area contributed by atoms with Crippen molar-refractivity contribution in [3.8, 4) is 0 Å². The van der Waals surface area contributed by atoms with Gasteiger partial charge in [-0.1, -0.05) is 0 Å². The van der Waals surface area contributed by atoms with Crippen LogP contribution >= 0.6 is 0 Å². The minimum absolute atomic E-state index is 0.0119. The van der Waals surface area contributed by atoms with Crippen LogP contribution in [-0.4, -0.2) is 29.7 Å².